The molecule has 4 rings (SSSR count). The van der Waals surface area contributed by atoms with Crippen LogP contribution in [-0.2, 0) is 12.8 Å². The van der Waals surface area contributed by atoms with E-state index in [0.717, 1.165) is 46.7 Å². The Balaban J connectivity index is 2.06. The highest BCUT2D eigenvalue weighted by molar-refractivity contribution is 7.18. The van der Waals surface area contributed by atoms with E-state index in [1.165, 1.54) is 10.4 Å². The third-order valence-electron chi connectivity index (χ3n) is 4.90. The lowest BCUT2D eigenvalue weighted by atomic mass is 9.89. The maximum absolute atomic E-state index is 13.3. The van der Waals surface area contributed by atoms with Gasteiger partial charge in [0.1, 0.15) is 10.7 Å². The fourth-order valence-corrected chi connectivity index (χ4v) is 5.11. The molecule has 1 aliphatic carbocycles. The second-order valence-corrected chi connectivity index (χ2v) is 7.82. The van der Waals surface area contributed by atoms with Gasteiger partial charge in [0.25, 0.3) is 5.56 Å². The van der Waals surface area contributed by atoms with Crippen LogP contribution in [0.4, 0.5) is 0 Å². The van der Waals surface area contributed by atoms with Crippen molar-refractivity contribution >= 4 is 21.6 Å². The van der Waals surface area contributed by atoms with E-state index in [4.69, 9.17) is 4.98 Å². The lowest BCUT2D eigenvalue weighted by molar-refractivity contribution is 0.508. The van der Waals surface area contributed by atoms with Crippen LogP contribution < -0.4 is 5.56 Å². The SMILES string of the molecule is Cc1ccc(C)n1-n1c(C)nc2sc3c(c2c1=O)CC[C@H](C)C3. The summed E-state index contributed by atoms with van der Waals surface area (Å²) in [6.45, 7) is 8.25. The van der Waals surface area contributed by atoms with E-state index in [1.807, 2.05) is 37.6 Å². The molecule has 0 saturated heterocycles. The maximum atomic E-state index is 13.3. The normalized spacial score (nSPS) is 17.7. The van der Waals surface area contributed by atoms with E-state index in [-0.39, 0.29) is 5.56 Å². The molecule has 120 valence electrons. The molecule has 0 aliphatic heterocycles. The molecule has 0 unspecified atom stereocenters. The van der Waals surface area contributed by atoms with Gasteiger partial charge >= 0.3 is 0 Å². The third kappa shape index (κ3) is 2.10. The first-order valence-corrected chi connectivity index (χ1v) is 8.98. The van der Waals surface area contributed by atoms with Crippen LogP contribution in [-0.4, -0.2) is 14.3 Å². The number of aromatic nitrogens is 3. The zero-order chi connectivity index (χ0) is 16.3. The number of nitrogens with zero attached hydrogens (tertiary/aromatic N) is 3. The number of rotatable bonds is 1. The molecule has 0 bridgehead atoms. The van der Waals surface area contributed by atoms with Gasteiger partial charge in [-0.2, -0.15) is 4.68 Å². The van der Waals surface area contributed by atoms with E-state index in [0.29, 0.717) is 5.92 Å². The average Bonchev–Trinajstić information content (AvgIpc) is 3.00. The van der Waals surface area contributed by atoms with Crippen molar-refractivity contribution in [3.8, 4) is 0 Å². The summed E-state index contributed by atoms with van der Waals surface area (Å²) in [6, 6.07) is 4.08. The summed E-state index contributed by atoms with van der Waals surface area (Å²) < 4.78 is 3.71. The molecule has 23 heavy (non-hydrogen) atoms. The van der Waals surface area contributed by atoms with Gasteiger partial charge in [0.2, 0.25) is 0 Å². The average molecular weight is 327 g/mol. The van der Waals surface area contributed by atoms with Crippen LogP contribution in [0, 0.1) is 26.7 Å². The topological polar surface area (TPSA) is 39.8 Å². The molecule has 0 fully saturated rings. The van der Waals surface area contributed by atoms with Crippen molar-refractivity contribution in [3.63, 3.8) is 0 Å². The largest absolute Gasteiger partial charge is 0.281 e. The maximum Gasteiger partial charge on any atom is 0.281 e. The molecule has 3 heterocycles. The van der Waals surface area contributed by atoms with Gasteiger partial charge in [0.15, 0.2) is 0 Å². The molecule has 5 heteroatoms. The summed E-state index contributed by atoms with van der Waals surface area (Å²) in [5.41, 5.74) is 3.41. The first-order chi connectivity index (χ1) is 11.0. The van der Waals surface area contributed by atoms with Crippen molar-refractivity contribution in [3.05, 3.63) is 50.1 Å². The molecule has 0 N–H and O–H groups in total. The monoisotopic (exact) mass is 327 g/mol. The number of fused-ring (bicyclic) bond motifs is 3. The first kappa shape index (κ1) is 14.7. The third-order valence-corrected chi connectivity index (χ3v) is 6.05. The fourth-order valence-electron chi connectivity index (χ4n) is 3.69. The van der Waals surface area contributed by atoms with Gasteiger partial charge in [-0.3, -0.25) is 9.47 Å². The Morgan fingerprint density at radius 1 is 1.17 bits per heavy atom. The first-order valence-electron chi connectivity index (χ1n) is 8.17. The van der Waals surface area contributed by atoms with Crippen LogP contribution in [0.3, 0.4) is 0 Å². The molecular weight excluding hydrogens is 306 g/mol. The van der Waals surface area contributed by atoms with E-state index in [1.54, 1.807) is 16.0 Å². The van der Waals surface area contributed by atoms with Crippen molar-refractivity contribution in [2.24, 2.45) is 5.92 Å². The summed E-state index contributed by atoms with van der Waals surface area (Å²) in [6.07, 6.45) is 3.24. The molecule has 0 spiro atoms. The second-order valence-electron chi connectivity index (χ2n) is 6.74. The highest BCUT2D eigenvalue weighted by Crippen LogP contribution is 2.35. The molecule has 0 radical (unpaired) electrons. The summed E-state index contributed by atoms with van der Waals surface area (Å²) in [5, 5.41) is 0.843. The van der Waals surface area contributed by atoms with E-state index in [2.05, 4.69) is 6.92 Å². The predicted molar refractivity (Wildman–Crippen MR) is 94.5 cm³/mol. The number of hydrogen-bond acceptors (Lipinski definition) is 3. The highest BCUT2D eigenvalue weighted by atomic mass is 32.1. The van der Waals surface area contributed by atoms with E-state index in [9.17, 15) is 4.79 Å². The molecule has 1 atom stereocenters. The molecule has 1 aliphatic rings. The van der Waals surface area contributed by atoms with Crippen LogP contribution in [0.25, 0.3) is 10.2 Å². The summed E-state index contributed by atoms with van der Waals surface area (Å²) in [4.78, 5) is 20.3. The minimum Gasteiger partial charge on any atom is -0.267 e. The molecule has 4 nitrogen and oxygen atoms in total. The molecule has 0 saturated carbocycles. The van der Waals surface area contributed by atoms with Crippen LogP contribution in [0.5, 0.6) is 0 Å². The van der Waals surface area contributed by atoms with Gasteiger partial charge < -0.3 is 0 Å². The molecule has 0 amide bonds. The lowest BCUT2D eigenvalue weighted by Crippen LogP contribution is -2.31. The van der Waals surface area contributed by atoms with Gasteiger partial charge in [0, 0.05) is 16.3 Å². The van der Waals surface area contributed by atoms with E-state index >= 15 is 0 Å². The summed E-state index contributed by atoms with van der Waals surface area (Å²) >= 11 is 1.71. The van der Waals surface area contributed by atoms with E-state index < -0.39 is 0 Å². The fraction of sp³-hybridized carbons (Fsp3) is 0.444. The lowest BCUT2D eigenvalue weighted by Gasteiger charge is -2.18. The minimum absolute atomic E-state index is 0.0713. The van der Waals surface area contributed by atoms with Crippen molar-refractivity contribution in [2.45, 2.75) is 47.0 Å². The second kappa shape index (κ2) is 5.06. The van der Waals surface area contributed by atoms with Crippen molar-refractivity contribution in [1.82, 2.24) is 14.3 Å². The Morgan fingerprint density at radius 2 is 1.87 bits per heavy atom. The standard InChI is InChI=1S/C18H21N3OS/c1-10-5-8-14-15(9-10)23-17-16(14)18(22)21(13(4)19-17)20-11(2)6-7-12(20)3/h6-7,10H,5,8-9H2,1-4H3/t10-/m0/s1. The Bertz CT molecular complexity index is 957. The van der Waals surface area contributed by atoms with Gasteiger partial charge in [-0.25, -0.2) is 4.98 Å². The Morgan fingerprint density at radius 3 is 2.57 bits per heavy atom. The van der Waals surface area contributed by atoms with Crippen LogP contribution in [0.2, 0.25) is 0 Å². The predicted octanol–water partition coefficient (Wildman–Crippen LogP) is 3.62. The van der Waals surface area contributed by atoms with Gasteiger partial charge in [-0.1, -0.05) is 6.92 Å². The van der Waals surface area contributed by atoms with Crippen LogP contribution in [0.15, 0.2) is 16.9 Å². The van der Waals surface area contributed by atoms with Crippen molar-refractivity contribution in [1.29, 1.82) is 0 Å². The minimum atomic E-state index is 0.0713. The zero-order valence-electron chi connectivity index (χ0n) is 14.0. The van der Waals surface area contributed by atoms with Gasteiger partial charge in [-0.05, 0) is 63.6 Å². The van der Waals surface area contributed by atoms with Crippen LogP contribution >= 0.6 is 11.3 Å². The molecule has 3 aromatic rings. The Labute approximate surface area is 139 Å². The quantitative estimate of drug-likeness (QED) is 0.685. The van der Waals surface area contributed by atoms with Gasteiger partial charge in [0.05, 0.1) is 5.39 Å². The smallest absolute Gasteiger partial charge is 0.267 e. The molecule has 3 aromatic heterocycles. The Hall–Kier alpha value is -1.88. The number of hydrogen-bond donors (Lipinski definition) is 0. The summed E-state index contributed by atoms with van der Waals surface area (Å²) in [5.74, 6) is 1.45. The van der Waals surface area contributed by atoms with Crippen LogP contribution in [0.1, 0.15) is 41.0 Å². The number of aryl methyl sites for hydroxylation is 4. The highest BCUT2D eigenvalue weighted by Gasteiger charge is 2.24. The molecule has 0 aromatic carbocycles. The van der Waals surface area contributed by atoms with Crippen molar-refractivity contribution in [2.75, 3.05) is 0 Å². The van der Waals surface area contributed by atoms with Crippen molar-refractivity contribution < 1.29 is 0 Å². The number of thiophene rings is 1. The Kier molecular flexibility index (Phi) is 3.23. The molecular formula is C18H21N3OS. The summed E-state index contributed by atoms with van der Waals surface area (Å²) in [7, 11) is 0. The zero-order valence-corrected chi connectivity index (χ0v) is 14.8. The van der Waals surface area contributed by atoms with Gasteiger partial charge in [-0.15, -0.1) is 11.3 Å².